The summed E-state index contributed by atoms with van der Waals surface area (Å²) >= 11 is 0. The molecular formula is C25H42O4. The van der Waals surface area contributed by atoms with Gasteiger partial charge < -0.3 is 14.9 Å². The number of ether oxygens (including phenoxy) is 1. The summed E-state index contributed by atoms with van der Waals surface area (Å²) in [4.78, 5) is 10.5. The number of unbranched alkanes of at least 4 members (excludes halogenated alkanes) is 7. The number of aliphatic hydroxyl groups is 1. The number of carbonyl (C=O) groups is 1. The molecule has 4 nitrogen and oxygen atoms in total. The lowest BCUT2D eigenvalue weighted by Gasteiger charge is -2.20. The Hall–Kier alpha value is -1.39. The van der Waals surface area contributed by atoms with Crippen LogP contribution >= 0.6 is 0 Å². The Morgan fingerprint density at radius 3 is 2.24 bits per heavy atom. The number of hydrogen-bond donors (Lipinski definition) is 2. The summed E-state index contributed by atoms with van der Waals surface area (Å²) in [7, 11) is 0. The molecule has 0 aliphatic carbocycles. The molecule has 4 heteroatoms. The highest BCUT2D eigenvalue weighted by molar-refractivity contribution is 5.66. The average Bonchev–Trinajstić information content (AvgIpc) is 2.72. The minimum Gasteiger partial charge on any atom is -0.481 e. The Morgan fingerprint density at radius 1 is 0.862 bits per heavy atom. The molecule has 0 heterocycles. The van der Waals surface area contributed by atoms with Gasteiger partial charge in [0.2, 0.25) is 0 Å². The lowest BCUT2D eigenvalue weighted by atomic mass is 10.00. The van der Waals surface area contributed by atoms with E-state index in [1.54, 1.807) is 0 Å². The number of rotatable bonds is 19. The van der Waals surface area contributed by atoms with Gasteiger partial charge in [-0.05, 0) is 37.7 Å². The summed E-state index contributed by atoms with van der Waals surface area (Å²) in [6, 6.07) is 10.3. The van der Waals surface area contributed by atoms with Crippen molar-refractivity contribution in [1.29, 1.82) is 0 Å². The standard InChI is InChI=1S/C25H42O4/c1-2-3-4-12-17-24(29-21-22-14-9-8-10-15-22)20-19-23(26)16-11-6-5-7-13-18-25(27)28/h8-10,14-15,23-24,26H,2-7,11-13,16-21H2,1H3,(H,27,28). The van der Waals surface area contributed by atoms with Gasteiger partial charge in [0.05, 0.1) is 18.8 Å². The number of hydrogen-bond acceptors (Lipinski definition) is 3. The highest BCUT2D eigenvalue weighted by atomic mass is 16.5. The molecule has 0 aliphatic rings. The first-order valence-electron chi connectivity index (χ1n) is 11.7. The molecule has 1 aromatic carbocycles. The lowest BCUT2D eigenvalue weighted by Crippen LogP contribution is -2.17. The molecule has 0 fully saturated rings. The Labute approximate surface area is 177 Å². The smallest absolute Gasteiger partial charge is 0.303 e. The van der Waals surface area contributed by atoms with Crippen LogP contribution < -0.4 is 0 Å². The fourth-order valence-corrected chi connectivity index (χ4v) is 3.61. The van der Waals surface area contributed by atoms with Gasteiger partial charge in [-0.2, -0.15) is 0 Å². The molecule has 0 aliphatic heterocycles. The highest BCUT2D eigenvalue weighted by Gasteiger charge is 2.13. The monoisotopic (exact) mass is 406 g/mol. The first-order valence-corrected chi connectivity index (χ1v) is 11.7. The van der Waals surface area contributed by atoms with Gasteiger partial charge in [-0.3, -0.25) is 4.79 Å². The van der Waals surface area contributed by atoms with Crippen LogP contribution in [0.2, 0.25) is 0 Å². The summed E-state index contributed by atoms with van der Waals surface area (Å²) in [6.45, 7) is 2.87. The van der Waals surface area contributed by atoms with Crippen molar-refractivity contribution < 1.29 is 19.7 Å². The zero-order chi connectivity index (χ0) is 21.2. The van der Waals surface area contributed by atoms with Crippen LogP contribution in [0.4, 0.5) is 0 Å². The first-order chi connectivity index (χ1) is 14.1. The molecule has 0 saturated carbocycles. The SMILES string of the molecule is CCCCCCC(CCC(O)CCCCCCCC(=O)O)OCc1ccccc1. The second-order valence-electron chi connectivity index (χ2n) is 8.20. The third-order valence-electron chi connectivity index (χ3n) is 5.46. The van der Waals surface area contributed by atoms with Crippen molar-refractivity contribution in [3.8, 4) is 0 Å². The number of aliphatic carboxylic acids is 1. The van der Waals surface area contributed by atoms with Gasteiger partial charge in [-0.1, -0.05) is 88.6 Å². The molecule has 0 spiro atoms. The van der Waals surface area contributed by atoms with Crippen LogP contribution in [-0.4, -0.2) is 28.4 Å². The van der Waals surface area contributed by atoms with E-state index >= 15 is 0 Å². The van der Waals surface area contributed by atoms with Gasteiger partial charge in [0.1, 0.15) is 0 Å². The molecule has 2 atom stereocenters. The fraction of sp³-hybridized carbons (Fsp3) is 0.720. The first kappa shape index (κ1) is 25.6. The van der Waals surface area contributed by atoms with Gasteiger partial charge in [-0.25, -0.2) is 0 Å². The molecule has 0 radical (unpaired) electrons. The van der Waals surface area contributed by atoms with Crippen molar-refractivity contribution in [1.82, 2.24) is 0 Å². The van der Waals surface area contributed by atoms with Gasteiger partial charge in [0, 0.05) is 6.42 Å². The molecule has 29 heavy (non-hydrogen) atoms. The van der Waals surface area contributed by atoms with Gasteiger partial charge in [0.15, 0.2) is 0 Å². The zero-order valence-corrected chi connectivity index (χ0v) is 18.4. The number of benzene rings is 1. The molecule has 1 rings (SSSR count). The van der Waals surface area contributed by atoms with Gasteiger partial charge in [-0.15, -0.1) is 0 Å². The van der Waals surface area contributed by atoms with Crippen molar-refractivity contribution in [3.63, 3.8) is 0 Å². The average molecular weight is 407 g/mol. The molecule has 1 aromatic rings. The predicted molar refractivity (Wildman–Crippen MR) is 119 cm³/mol. The van der Waals surface area contributed by atoms with Crippen molar-refractivity contribution >= 4 is 5.97 Å². The Morgan fingerprint density at radius 2 is 1.52 bits per heavy atom. The third kappa shape index (κ3) is 15.2. The third-order valence-corrected chi connectivity index (χ3v) is 5.46. The summed E-state index contributed by atoms with van der Waals surface area (Å²) in [5, 5.41) is 19.0. The highest BCUT2D eigenvalue weighted by Crippen LogP contribution is 2.18. The summed E-state index contributed by atoms with van der Waals surface area (Å²) in [5.41, 5.74) is 1.20. The summed E-state index contributed by atoms with van der Waals surface area (Å²) in [5.74, 6) is -0.709. The predicted octanol–water partition coefficient (Wildman–Crippen LogP) is 6.50. The maximum Gasteiger partial charge on any atom is 0.303 e. The molecule has 0 bridgehead atoms. The van der Waals surface area contributed by atoms with E-state index in [-0.39, 0.29) is 18.6 Å². The second kappa shape index (κ2) is 17.5. The molecule has 166 valence electrons. The molecule has 0 saturated heterocycles. The molecule has 2 unspecified atom stereocenters. The molecular weight excluding hydrogens is 364 g/mol. The Kier molecular flexibility index (Phi) is 15.4. The van der Waals surface area contributed by atoms with Crippen LogP contribution in [0.15, 0.2) is 30.3 Å². The van der Waals surface area contributed by atoms with Crippen LogP contribution in [0.1, 0.15) is 102 Å². The van der Waals surface area contributed by atoms with Crippen LogP contribution in [-0.2, 0) is 16.1 Å². The lowest BCUT2D eigenvalue weighted by molar-refractivity contribution is -0.137. The zero-order valence-electron chi connectivity index (χ0n) is 18.4. The van der Waals surface area contributed by atoms with Crippen molar-refractivity contribution in [3.05, 3.63) is 35.9 Å². The van der Waals surface area contributed by atoms with E-state index in [0.717, 1.165) is 57.8 Å². The Bertz CT molecular complexity index is 503. The number of carboxylic acids is 1. The van der Waals surface area contributed by atoms with Crippen molar-refractivity contribution in [2.75, 3.05) is 0 Å². The van der Waals surface area contributed by atoms with E-state index in [0.29, 0.717) is 6.61 Å². The van der Waals surface area contributed by atoms with E-state index in [9.17, 15) is 9.90 Å². The van der Waals surface area contributed by atoms with Crippen LogP contribution in [0, 0.1) is 0 Å². The van der Waals surface area contributed by atoms with E-state index in [1.807, 2.05) is 18.2 Å². The second-order valence-corrected chi connectivity index (χ2v) is 8.20. The van der Waals surface area contributed by atoms with Gasteiger partial charge >= 0.3 is 5.97 Å². The largest absolute Gasteiger partial charge is 0.481 e. The minimum absolute atomic E-state index is 0.220. The molecule has 0 amide bonds. The van der Waals surface area contributed by atoms with Crippen LogP contribution in [0.3, 0.4) is 0 Å². The topological polar surface area (TPSA) is 66.8 Å². The summed E-state index contributed by atoms with van der Waals surface area (Å²) in [6.07, 6.45) is 13.7. The maximum absolute atomic E-state index is 10.5. The quantitative estimate of drug-likeness (QED) is 0.257. The fourth-order valence-electron chi connectivity index (χ4n) is 3.61. The van der Waals surface area contributed by atoms with Crippen molar-refractivity contribution in [2.45, 2.75) is 116 Å². The minimum atomic E-state index is -0.709. The van der Waals surface area contributed by atoms with E-state index in [4.69, 9.17) is 9.84 Å². The van der Waals surface area contributed by atoms with Crippen LogP contribution in [0.5, 0.6) is 0 Å². The van der Waals surface area contributed by atoms with Crippen LogP contribution in [0.25, 0.3) is 0 Å². The molecule has 2 N–H and O–H groups in total. The van der Waals surface area contributed by atoms with E-state index in [1.165, 1.54) is 31.2 Å². The maximum atomic E-state index is 10.5. The normalized spacial score (nSPS) is 13.3. The number of carboxylic acid groups (broad SMARTS) is 1. The Balaban J connectivity index is 2.21. The van der Waals surface area contributed by atoms with Gasteiger partial charge in [0.25, 0.3) is 0 Å². The number of aliphatic hydroxyl groups excluding tert-OH is 1. The van der Waals surface area contributed by atoms with E-state index in [2.05, 4.69) is 19.1 Å². The van der Waals surface area contributed by atoms with E-state index < -0.39 is 5.97 Å². The summed E-state index contributed by atoms with van der Waals surface area (Å²) < 4.78 is 6.19. The molecule has 0 aromatic heterocycles. The van der Waals surface area contributed by atoms with Crippen molar-refractivity contribution in [2.24, 2.45) is 0 Å².